The molecule has 0 unspecified atom stereocenters. The molecular weight excluding hydrogens is 598 g/mol. The number of nitrogens with zero attached hydrogens (tertiary/aromatic N) is 3. The van der Waals surface area contributed by atoms with E-state index in [0.717, 1.165) is 88.7 Å². The zero-order chi connectivity index (χ0) is 33.3. The molecule has 2 N–H and O–H groups in total. The molecule has 0 aromatic heterocycles. The van der Waals surface area contributed by atoms with Crippen molar-refractivity contribution >= 4 is 11.8 Å². The fraction of sp³-hybridized carbons (Fsp3) is 0.900. The Morgan fingerprint density at radius 2 is 1.69 bits per heavy atom. The minimum Gasteiger partial charge on any atom is -0.357 e. The van der Waals surface area contributed by atoms with Gasteiger partial charge in [0.15, 0.2) is 0 Å². The average Bonchev–Trinajstić information content (AvgIpc) is 3.77. The Labute approximate surface area is 290 Å². The van der Waals surface area contributed by atoms with Gasteiger partial charge in [0.25, 0.3) is 0 Å². The maximum absolute atomic E-state index is 13.1. The number of ether oxygens (including phenoxy) is 1. The molecule has 2 amide bonds. The van der Waals surface area contributed by atoms with Gasteiger partial charge in [-0.3, -0.25) is 19.8 Å². The Balaban J connectivity index is 0.838. The molecule has 8 rings (SSSR count). The Bertz CT molecular complexity index is 1250. The zero-order valence-electron chi connectivity index (χ0n) is 30.6. The first-order chi connectivity index (χ1) is 23.1. The Kier molecular flexibility index (Phi) is 9.07. The zero-order valence-corrected chi connectivity index (χ0v) is 30.6. The van der Waals surface area contributed by atoms with E-state index in [4.69, 9.17) is 4.74 Å². The number of fused-ring (bicyclic) bond motifs is 7. The monoisotopic (exact) mass is 664 g/mol. The van der Waals surface area contributed by atoms with Gasteiger partial charge in [-0.25, -0.2) is 0 Å². The van der Waals surface area contributed by atoms with E-state index in [9.17, 15) is 9.59 Å². The number of piperidine rings is 1. The van der Waals surface area contributed by atoms with E-state index in [1.165, 1.54) is 64.5 Å². The summed E-state index contributed by atoms with van der Waals surface area (Å²) in [5.74, 6) is 4.14. The molecule has 4 heterocycles. The lowest BCUT2D eigenvalue weighted by atomic mass is 9.46. The maximum atomic E-state index is 13.1. The quantitative estimate of drug-likeness (QED) is 0.307. The molecule has 4 saturated heterocycles. The lowest BCUT2D eigenvalue weighted by molar-refractivity contribution is -0.137. The molecule has 11 atom stereocenters. The average molecular weight is 664 g/mol. The highest BCUT2D eigenvalue weighted by molar-refractivity contribution is 5.97. The lowest BCUT2D eigenvalue weighted by Gasteiger charge is -2.58. The molecule has 8 heteroatoms. The topological polar surface area (TPSA) is 77.1 Å². The van der Waals surface area contributed by atoms with E-state index < -0.39 is 0 Å². The van der Waals surface area contributed by atoms with Crippen LogP contribution in [0.25, 0.3) is 0 Å². The summed E-state index contributed by atoms with van der Waals surface area (Å²) < 4.78 is 7.09. The molecule has 0 bridgehead atoms. The first-order valence-corrected chi connectivity index (χ1v) is 20.2. The summed E-state index contributed by atoms with van der Waals surface area (Å²) in [5, 5.41) is 7.22. The summed E-state index contributed by atoms with van der Waals surface area (Å²) in [4.78, 5) is 33.2. The summed E-state index contributed by atoms with van der Waals surface area (Å²) in [6, 6.07) is 0.152. The van der Waals surface area contributed by atoms with Crippen molar-refractivity contribution in [2.75, 3.05) is 58.9 Å². The molecule has 1 spiro atoms. The van der Waals surface area contributed by atoms with Gasteiger partial charge in [-0.1, -0.05) is 39.3 Å². The summed E-state index contributed by atoms with van der Waals surface area (Å²) >= 11 is 0. The second-order valence-corrected chi connectivity index (χ2v) is 18.4. The minimum absolute atomic E-state index is 0.00306. The lowest BCUT2D eigenvalue weighted by Crippen LogP contribution is -2.57. The molecule has 3 saturated carbocycles. The number of piperazine rings is 1. The number of rotatable bonds is 6. The fourth-order valence-electron chi connectivity index (χ4n) is 13.0. The largest absolute Gasteiger partial charge is 0.357 e. The van der Waals surface area contributed by atoms with Crippen molar-refractivity contribution in [1.82, 2.24) is 25.3 Å². The van der Waals surface area contributed by atoms with Crippen molar-refractivity contribution in [2.24, 2.45) is 46.3 Å². The van der Waals surface area contributed by atoms with Gasteiger partial charge in [-0.15, -0.1) is 0 Å². The summed E-state index contributed by atoms with van der Waals surface area (Å²) in [7, 11) is 0. The van der Waals surface area contributed by atoms with E-state index in [0.29, 0.717) is 23.4 Å². The summed E-state index contributed by atoms with van der Waals surface area (Å²) in [6.45, 7) is 19.2. The highest BCUT2D eigenvalue weighted by atomic mass is 16.5. The third-order valence-electron chi connectivity index (χ3n) is 15.9. The molecule has 4 aliphatic carbocycles. The second-order valence-electron chi connectivity index (χ2n) is 18.4. The summed E-state index contributed by atoms with van der Waals surface area (Å²) in [5.41, 5.74) is 2.11. The first kappa shape index (κ1) is 33.7. The molecule has 8 aliphatic rings. The molecule has 268 valence electrons. The predicted octanol–water partition coefficient (Wildman–Crippen LogP) is 5.04. The van der Waals surface area contributed by atoms with E-state index in [1.807, 2.05) is 4.90 Å². The van der Waals surface area contributed by atoms with Crippen LogP contribution in [-0.4, -0.2) is 103 Å². The van der Waals surface area contributed by atoms with Gasteiger partial charge in [0.05, 0.1) is 6.10 Å². The molecular formula is C40H65N5O3. The molecule has 7 fully saturated rings. The fourth-order valence-corrected chi connectivity index (χ4v) is 13.0. The third kappa shape index (κ3) is 5.81. The standard InChI is InChI=1S/C40H65N5O3/c1-27-9-14-40(41-26-27)28(2)37-34(48-40)24-33-31-8-7-29-23-30(10-12-38(29,3)32(31)11-13-39(33,37)4)42-35(46)25-36(47)45-21-19-44(20-22-45)18-17-43-15-5-6-16-43/h7,27-28,30-34,37,41H,5-6,8-26H2,1-4H3,(H,42,46)/t27-,28+,30-,31-,32+,33+,34+,37+,38+,39+,40-/m1/s1. The second kappa shape index (κ2) is 12.9. The van der Waals surface area contributed by atoms with Crippen molar-refractivity contribution < 1.29 is 14.3 Å². The Morgan fingerprint density at radius 3 is 2.42 bits per heavy atom. The van der Waals surface area contributed by atoms with Gasteiger partial charge >= 0.3 is 0 Å². The van der Waals surface area contributed by atoms with Gasteiger partial charge in [-0.05, 0) is 124 Å². The number of allylic oxidation sites excluding steroid dienone is 1. The third-order valence-corrected chi connectivity index (χ3v) is 15.9. The smallest absolute Gasteiger partial charge is 0.232 e. The van der Waals surface area contributed by atoms with Crippen LogP contribution >= 0.6 is 0 Å². The number of nitrogens with one attached hydrogen (secondary N) is 2. The van der Waals surface area contributed by atoms with Gasteiger partial charge in [-0.2, -0.15) is 0 Å². The maximum Gasteiger partial charge on any atom is 0.232 e. The van der Waals surface area contributed by atoms with E-state index in [-0.39, 0.29) is 35.4 Å². The van der Waals surface area contributed by atoms with Gasteiger partial charge in [0.2, 0.25) is 11.8 Å². The highest BCUT2D eigenvalue weighted by Crippen LogP contribution is 2.70. The van der Waals surface area contributed by atoms with E-state index >= 15 is 0 Å². The molecule has 8 nitrogen and oxygen atoms in total. The van der Waals surface area contributed by atoms with Gasteiger partial charge < -0.3 is 19.9 Å². The van der Waals surface area contributed by atoms with Crippen LogP contribution in [0, 0.1) is 46.3 Å². The number of hydrogen-bond acceptors (Lipinski definition) is 6. The molecule has 0 aromatic carbocycles. The van der Waals surface area contributed by atoms with Gasteiger partial charge in [0, 0.05) is 57.8 Å². The predicted molar refractivity (Wildman–Crippen MR) is 189 cm³/mol. The first-order valence-electron chi connectivity index (χ1n) is 20.2. The van der Waals surface area contributed by atoms with Crippen molar-refractivity contribution in [3.63, 3.8) is 0 Å². The van der Waals surface area contributed by atoms with Crippen molar-refractivity contribution in [2.45, 2.75) is 123 Å². The number of carbonyl (C=O) groups is 2. The number of amides is 2. The number of likely N-dealkylation sites (tertiary alicyclic amines) is 1. The van der Waals surface area contributed by atoms with Crippen LogP contribution < -0.4 is 10.6 Å². The minimum atomic E-state index is -0.0898. The normalized spacial score (nSPS) is 46.1. The van der Waals surface area contributed by atoms with Crippen LogP contribution in [0.4, 0.5) is 0 Å². The van der Waals surface area contributed by atoms with Gasteiger partial charge in [0.1, 0.15) is 12.1 Å². The van der Waals surface area contributed by atoms with Crippen molar-refractivity contribution in [3.05, 3.63) is 11.6 Å². The Morgan fingerprint density at radius 1 is 0.938 bits per heavy atom. The van der Waals surface area contributed by atoms with Crippen LogP contribution in [0.2, 0.25) is 0 Å². The van der Waals surface area contributed by atoms with E-state index in [1.54, 1.807) is 5.57 Å². The van der Waals surface area contributed by atoms with Crippen molar-refractivity contribution in [3.8, 4) is 0 Å². The SMILES string of the molecule is C[C@@H]1CC[C@@]2(NC1)O[C@H]1C[C@H]3[C@@H]4CC=C5C[C@H](NC(=O)CC(=O)N6CCN(CCN7CCCC7)CC6)CC[C@]5(C)[C@H]4CC[C@]3(C)[C@H]1[C@@H]2C. The van der Waals surface area contributed by atoms with Crippen LogP contribution in [0.1, 0.15) is 105 Å². The van der Waals surface area contributed by atoms with E-state index in [2.05, 4.69) is 54.2 Å². The molecule has 0 radical (unpaired) electrons. The van der Waals surface area contributed by atoms with Crippen molar-refractivity contribution in [1.29, 1.82) is 0 Å². The van der Waals surface area contributed by atoms with Crippen LogP contribution in [0.3, 0.4) is 0 Å². The summed E-state index contributed by atoms with van der Waals surface area (Å²) in [6.07, 6.45) is 16.3. The van der Waals surface area contributed by atoms with Crippen LogP contribution in [0.5, 0.6) is 0 Å². The van der Waals surface area contributed by atoms with Crippen LogP contribution in [0.15, 0.2) is 11.6 Å². The number of carbonyl (C=O) groups excluding carboxylic acids is 2. The van der Waals surface area contributed by atoms with Crippen LogP contribution in [-0.2, 0) is 14.3 Å². The molecule has 48 heavy (non-hydrogen) atoms. The Hall–Kier alpha value is -1.48. The molecule has 4 aliphatic heterocycles. The molecule has 0 aromatic rings. The number of hydrogen-bond donors (Lipinski definition) is 2. The highest BCUT2D eigenvalue weighted by Gasteiger charge is 2.68.